The molecule has 22 heavy (non-hydrogen) atoms. The lowest BCUT2D eigenvalue weighted by atomic mass is 9.89. The highest BCUT2D eigenvalue weighted by Crippen LogP contribution is 2.42. The monoisotopic (exact) mass is 288 g/mol. The molecule has 2 aliphatic rings. The van der Waals surface area contributed by atoms with Crippen molar-refractivity contribution >= 4 is 23.0 Å². The van der Waals surface area contributed by atoms with Crippen molar-refractivity contribution in [2.75, 3.05) is 10.6 Å². The number of rotatable bonds is 1. The van der Waals surface area contributed by atoms with E-state index >= 15 is 0 Å². The van der Waals surface area contributed by atoms with Crippen LogP contribution in [0.25, 0.3) is 11.6 Å². The number of benzene rings is 2. The molecule has 0 saturated heterocycles. The van der Waals surface area contributed by atoms with Crippen molar-refractivity contribution in [2.45, 2.75) is 25.9 Å². The van der Waals surface area contributed by atoms with Crippen LogP contribution in [-0.2, 0) is 0 Å². The van der Waals surface area contributed by atoms with E-state index in [1.54, 1.807) is 0 Å². The first kappa shape index (κ1) is 13.2. The second-order valence-corrected chi connectivity index (χ2v) is 6.12. The molecule has 2 nitrogen and oxygen atoms in total. The van der Waals surface area contributed by atoms with Crippen molar-refractivity contribution < 1.29 is 0 Å². The fourth-order valence-electron chi connectivity index (χ4n) is 3.29. The molecule has 0 fully saturated rings. The summed E-state index contributed by atoms with van der Waals surface area (Å²) in [6.45, 7) is 4.38. The quantitative estimate of drug-likeness (QED) is 0.790. The number of hydrogen-bond acceptors (Lipinski definition) is 2. The van der Waals surface area contributed by atoms with Crippen LogP contribution in [0.2, 0.25) is 0 Å². The Morgan fingerprint density at radius 1 is 0.818 bits per heavy atom. The molecule has 2 aromatic carbocycles. The van der Waals surface area contributed by atoms with Crippen LogP contribution in [0.5, 0.6) is 0 Å². The van der Waals surface area contributed by atoms with Crippen molar-refractivity contribution in [1.29, 1.82) is 0 Å². The normalized spacial score (nSPS) is 22.0. The summed E-state index contributed by atoms with van der Waals surface area (Å²) in [6, 6.07) is 15.8. The summed E-state index contributed by atoms with van der Waals surface area (Å²) in [5.74, 6) is 0. The molecule has 2 N–H and O–H groups in total. The Hall–Kier alpha value is -2.48. The summed E-state index contributed by atoms with van der Waals surface area (Å²) in [5.41, 5.74) is 7.57. The second-order valence-electron chi connectivity index (χ2n) is 6.12. The number of nitrogens with one attached hydrogen (secondary N) is 2. The average molecular weight is 288 g/mol. The van der Waals surface area contributed by atoms with Crippen molar-refractivity contribution in [3.05, 3.63) is 71.3 Å². The van der Waals surface area contributed by atoms with Crippen molar-refractivity contribution in [1.82, 2.24) is 0 Å². The van der Waals surface area contributed by atoms with Gasteiger partial charge in [-0.3, -0.25) is 0 Å². The molecule has 4 rings (SSSR count). The van der Waals surface area contributed by atoms with E-state index in [9.17, 15) is 0 Å². The summed E-state index contributed by atoms with van der Waals surface area (Å²) in [5, 5.41) is 7.24. The lowest BCUT2D eigenvalue weighted by molar-refractivity contribution is 0.964. The molecular formula is C20H20N2. The zero-order valence-electron chi connectivity index (χ0n) is 12.9. The number of anilines is 2. The third-order valence-corrected chi connectivity index (χ3v) is 4.34. The minimum atomic E-state index is 0.317. The fourth-order valence-corrected chi connectivity index (χ4v) is 3.29. The van der Waals surface area contributed by atoms with Crippen LogP contribution in [0, 0.1) is 0 Å². The van der Waals surface area contributed by atoms with E-state index in [1.165, 1.54) is 33.6 Å². The van der Waals surface area contributed by atoms with Gasteiger partial charge in [-0.15, -0.1) is 0 Å². The zero-order chi connectivity index (χ0) is 15.1. The Morgan fingerprint density at radius 3 is 2.41 bits per heavy atom. The molecule has 0 amide bonds. The summed E-state index contributed by atoms with van der Waals surface area (Å²) < 4.78 is 0. The van der Waals surface area contributed by atoms with Gasteiger partial charge in [-0.05, 0) is 30.5 Å². The Bertz CT molecular complexity index is 772. The van der Waals surface area contributed by atoms with Gasteiger partial charge in [-0.2, -0.15) is 0 Å². The number of fused-ring (bicyclic) bond motifs is 3. The average Bonchev–Trinajstić information content (AvgIpc) is 2.55. The second kappa shape index (κ2) is 5.06. The van der Waals surface area contributed by atoms with E-state index in [1.807, 2.05) is 0 Å². The molecule has 110 valence electrons. The topological polar surface area (TPSA) is 24.1 Å². The molecule has 2 atom stereocenters. The predicted octanol–water partition coefficient (Wildman–Crippen LogP) is 4.76. The van der Waals surface area contributed by atoms with Crippen molar-refractivity contribution in [3.8, 4) is 0 Å². The highest BCUT2D eigenvalue weighted by Gasteiger charge is 2.23. The molecule has 0 bridgehead atoms. The molecule has 0 radical (unpaired) electrons. The molecule has 0 spiro atoms. The van der Waals surface area contributed by atoms with E-state index in [0.717, 1.165) is 0 Å². The zero-order valence-corrected chi connectivity index (χ0v) is 12.9. The van der Waals surface area contributed by atoms with Crippen LogP contribution in [0.4, 0.5) is 11.4 Å². The summed E-state index contributed by atoms with van der Waals surface area (Å²) in [6.07, 6.45) is 6.73. The molecule has 2 aliphatic heterocycles. The molecular weight excluding hydrogens is 268 g/mol. The van der Waals surface area contributed by atoms with Gasteiger partial charge in [-0.1, -0.05) is 60.7 Å². The van der Waals surface area contributed by atoms with Gasteiger partial charge < -0.3 is 10.6 Å². The van der Waals surface area contributed by atoms with Gasteiger partial charge in [0.15, 0.2) is 0 Å². The minimum Gasteiger partial charge on any atom is -0.377 e. The van der Waals surface area contributed by atoms with Crippen molar-refractivity contribution in [3.63, 3.8) is 0 Å². The first-order valence-electron chi connectivity index (χ1n) is 7.88. The highest BCUT2D eigenvalue weighted by atomic mass is 15.0. The first-order valence-corrected chi connectivity index (χ1v) is 7.88. The molecule has 2 aromatic rings. The lowest BCUT2D eigenvalue weighted by Crippen LogP contribution is -2.23. The van der Waals surface area contributed by atoms with Gasteiger partial charge in [0.05, 0.1) is 11.4 Å². The third kappa shape index (κ3) is 2.12. The molecule has 2 heterocycles. The minimum absolute atomic E-state index is 0.317. The Labute approximate surface area is 131 Å². The SMILES string of the molecule is CC1C=Cc2ccc3c(c2N1)NC(C)C=C3c1ccccc1. The Kier molecular flexibility index (Phi) is 3.04. The lowest BCUT2D eigenvalue weighted by Gasteiger charge is -2.30. The predicted molar refractivity (Wildman–Crippen MR) is 95.2 cm³/mol. The molecule has 2 unspecified atom stereocenters. The maximum Gasteiger partial charge on any atom is 0.0666 e. The summed E-state index contributed by atoms with van der Waals surface area (Å²) in [7, 11) is 0. The van der Waals surface area contributed by atoms with E-state index < -0.39 is 0 Å². The maximum atomic E-state index is 3.64. The van der Waals surface area contributed by atoms with E-state index in [-0.39, 0.29) is 0 Å². The largest absolute Gasteiger partial charge is 0.377 e. The van der Waals surface area contributed by atoms with Crippen molar-refractivity contribution in [2.24, 2.45) is 0 Å². The van der Waals surface area contributed by atoms with Crippen LogP contribution < -0.4 is 10.6 Å². The van der Waals surface area contributed by atoms with Crippen LogP contribution >= 0.6 is 0 Å². The van der Waals surface area contributed by atoms with Crippen LogP contribution in [0.1, 0.15) is 30.5 Å². The Morgan fingerprint density at radius 2 is 1.59 bits per heavy atom. The van der Waals surface area contributed by atoms with E-state index in [2.05, 4.69) is 85.2 Å². The summed E-state index contributed by atoms with van der Waals surface area (Å²) >= 11 is 0. The smallest absolute Gasteiger partial charge is 0.0666 e. The van der Waals surface area contributed by atoms with Gasteiger partial charge in [-0.25, -0.2) is 0 Å². The molecule has 0 aromatic heterocycles. The van der Waals surface area contributed by atoms with Crippen LogP contribution in [0.3, 0.4) is 0 Å². The van der Waals surface area contributed by atoms with Crippen LogP contribution in [-0.4, -0.2) is 12.1 Å². The molecule has 0 saturated carbocycles. The first-order chi connectivity index (χ1) is 10.7. The van der Waals surface area contributed by atoms with Gasteiger partial charge >= 0.3 is 0 Å². The van der Waals surface area contributed by atoms with Crippen LogP contribution in [0.15, 0.2) is 54.6 Å². The van der Waals surface area contributed by atoms with Gasteiger partial charge in [0.2, 0.25) is 0 Å². The van der Waals surface area contributed by atoms with E-state index in [4.69, 9.17) is 0 Å². The Balaban J connectivity index is 1.90. The highest BCUT2D eigenvalue weighted by molar-refractivity contribution is 5.96. The van der Waals surface area contributed by atoms with E-state index in [0.29, 0.717) is 12.1 Å². The van der Waals surface area contributed by atoms with Gasteiger partial charge in [0.25, 0.3) is 0 Å². The third-order valence-electron chi connectivity index (χ3n) is 4.34. The standard InChI is InChI=1S/C20H20N2/c1-13-8-9-16-10-11-17-18(15-6-4-3-5-7-15)12-14(2)22-20(17)19(16)21-13/h3-14,21-22H,1-2H3. The molecule has 0 aliphatic carbocycles. The number of hydrogen-bond donors (Lipinski definition) is 2. The van der Waals surface area contributed by atoms with Gasteiger partial charge in [0.1, 0.15) is 0 Å². The molecule has 2 heteroatoms. The summed E-state index contributed by atoms with van der Waals surface area (Å²) in [4.78, 5) is 0. The fraction of sp³-hybridized carbons (Fsp3) is 0.200. The van der Waals surface area contributed by atoms with Gasteiger partial charge in [0, 0.05) is 17.6 Å². The maximum absolute atomic E-state index is 3.64.